The number of carbonyl (C=O) groups is 2. The van der Waals surface area contributed by atoms with Crippen molar-refractivity contribution in [3.05, 3.63) is 22.4 Å². The number of methoxy groups -OCH3 is 1. The first-order valence-electron chi connectivity index (χ1n) is 5.25. The molecule has 2 rings (SSSR count). The minimum absolute atomic E-state index is 0.0154. The van der Waals surface area contributed by atoms with Gasteiger partial charge < -0.3 is 14.5 Å². The number of hydrogen-bond donors (Lipinski definition) is 0. The zero-order chi connectivity index (χ0) is 12.4. The molecule has 1 aliphatic rings. The lowest BCUT2D eigenvalue weighted by Crippen LogP contribution is -2.34. The third-order valence-corrected chi connectivity index (χ3v) is 3.83. The third kappa shape index (κ3) is 2.26. The summed E-state index contributed by atoms with van der Waals surface area (Å²) in [6.07, 6.45) is 0. The van der Waals surface area contributed by atoms with Gasteiger partial charge in [-0.3, -0.25) is 4.79 Å². The van der Waals surface area contributed by atoms with E-state index in [4.69, 9.17) is 0 Å². The first-order chi connectivity index (χ1) is 8.13. The van der Waals surface area contributed by atoms with Crippen LogP contribution < -0.4 is 0 Å². The van der Waals surface area contributed by atoms with Crippen LogP contribution in [-0.4, -0.2) is 49.0 Å². The smallest absolute Gasteiger partial charge is 0.325 e. The van der Waals surface area contributed by atoms with Crippen LogP contribution in [0.25, 0.3) is 0 Å². The molecule has 0 N–H and O–H groups in total. The molecule has 6 heteroatoms. The number of esters is 1. The van der Waals surface area contributed by atoms with Crippen LogP contribution in [0.3, 0.4) is 0 Å². The summed E-state index contributed by atoms with van der Waals surface area (Å²) in [5, 5.41) is 1.98. The average Bonchev–Trinajstić information content (AvgIpc) is 2.92. The van der Waals surface area contributed by atoms with Crippen LogP contribution >= 0.6 is 11.3 Å². The third-order valence-electron chi connectivity index (χ3n) is 2.85. The van der Waals surface area contributed by atoms with Crippen LogP contribution in [-0.2, 0) is 9.53 Å². The predicted molar refractivity (Wildman–Crippen MR) is 63.8 cm³/mol. The Morgan fingerprint density at radius 1 is 1.65 bits per heavy atom. The molecule has 2 heterocycles. The van der Waals surface area contributed by atoms with Gasteiger partial charge in [0.1, 0.15) is 6.54 Å². The van der Waals surface area contributed by atoms with Gasteiger partial charge in [-0.05, 0) is 11.4 Å². The Labute approximate surface area is 104 Å². The molecular weight excluding hydrogens is 240 g/mol. The molecule has 2 amide bonds. The van der Waals surface area contributed by atoms with Gasteiger partial charge in [-0.15, -0.1) is 11.3 Å². The van der Waals surface area contributed by atoms with Crippen molar-refractivity contribution in [2.45, 2.75) is 6.04 Å². The number of amides is 2. The van der Waals surface area contributed by atoms with Crippen molar-refractivity contribution in [3.8, 4) is 0 Å². The topological polar surface area (TPSA) is 49.9 Å². The number of hydrogen-bond acceptors (Lipinski definition) is 4. The molecule has 1 atom stereocenters. The average molecular weight is 254 g/mol. The molecule has 0 aromatic carbocycles. The number of carbonyl (C=O) groups excluding carboxylic acids is 2. The maximum Gasteiger partial charge on any atom is 0.325 e. The van der Waals surface area contributed by atoms with E-state index in [0.717, 1.165) is 4.88 Å². The molecule has 17 heavy (non-hydrogen) atoms. The molecule has 1 aromatic rings. The number of nitrogens with zero attached hydrogens (tertiary/aromatic N) is 2. The molecule has 0 bridgehead atoms. The van der Waals surface area contributed by atoms with Crippen LogP contribution in [0.15, 0.2) is 17.5 Å². The summed E-state index contributed by atoms with van der Waals surface area (Å²) >= 11 is 1.62. The van der Waals surface area contributed by atoms with E-state index < -0.39 is 5.97 Å². The Morgan fingerprint density at radius 3 is 3.00 bits per heavy atom. The highest BCUT2D eigenvalue weighted by Crippen LogP contribution is 2.30. The molecule has 92 valence electrons. The molecule has 0 spiro atoms. The fraction of sp³-hybridized carbons (Fsp3) is 0.455. The first-order valence-corrected chi connectivity index (χ1v) is 6.13. The van der Waals surface area contributed by atoms with Gasteiger partial charge in [-0.25, -0.2) is 4.79 Å². The molecule has 0 aliphatic carbocycles. The highest BCUT2D eigenvalue weighted by molar-refractivity contribution is 7.10. The predicted octanol–water partition coefficient (Wildman–Crippen LogP) is 1.33. The van der Waals surface area contributed by atoms with Crippen LogP contribution in [0.4, 0.5) is 4.79 Å². The number of ether oxygens (including phenoxy) is 1. The molecule has 1 fully saturated rings. The van der Waals surface area contributed by atoms with Gasteiger partial charge in [0.2, 0.25) is 0 Å². The van der Waals surface area contributed by atoms with Crippen molar-refractivity contribution in [3.63, 3.8) is 0 Å². The van der Waals surface area contributed by atoms with Crippen LogP contribution in [0.5, 0.6) is 0 Å². The van der Waals surface area contributed by atoms with Gasteiger partial charge in [0, 0.05) is 18.5 Å². The summed E-state index contributed by atoms with van der Waals surface area (Å²) in [6, 6.07) is 3.86. The number of urea groups is 1. The summed E-state index contributed by atoms with van der Waals surface area (Å²) < 4.78 is 4.57. The molecule has 5 nitrogen and oxygen atoms in total. The van der Waals surface area contributed by atoms with Crippen molar-refractivity contribution in [1.29, 1.82) is 0 Å². The highest BCUT2D eigenvalue weighted by atomic mass is 32.1. The van der Waals surface area contributed by atoms with Crippen LogP contribution in [0.1, 0.15) is 10.9 Å². The molecule has 1 unspecified atom stereocenters. The lowest BCUT2D eigenvalue weighted by atomic mass is 10.2. The summed E-state index contributed by atoms with van der Waals surface area (Å²) in [6.45, 7) is 0.548. The summed E-state index contributed by atoms with van der Waals surface area (Å²) in [5.74, 6) is -0.390. The summed E-state index contributed by atoms with van der Waals surface area (Å²) in [4.78, 5) is 27.4. The number of rotatable bonds is 3. The SMILES string of the molecule is COC(=O)CN1CC(c2cccs2)N(C)C1=O. The van der Waals surface area contributed by atoms with Crippen molar-refractivity contribution in [2.24, 2.45) is 0 Å². The van der Waals surface area contributed by atoms with E-state index in [1.165, 1.54) is 12.0 Å². The van der Waals surface area contributed by atoms with E-state index in [0.29, 0.717) is 6.54 Å². The monoisotopic (exact) mass is 254 g/mol. The van der Waals surface area contributed by atoms with Gasteiger partial charge in [0.15, 0.2) is 0 Å². The fourth-order valence-electron chi connectivity index (χ4n) is 1.88. The minimum atomic E-state index is -0.390. The maximum atomic E-state index is 11.9. The normalized spacial score (nSPS) is 19.9. The van der Waals surface area contributed by atoms with Gasteiger partial charge >= 0.3 is 12.0 Å². The zero-order valence-corrected chi connectivity index (χ0v) is 10.6. The summed E-state index contributed by atoms with van der Waals surface area (Å²) in [7, 11) is 3.08. The Balaban J connectivity index is 2.09. The van der Waals surface area contributed by atoms with Gasteiger partial charge in [-0.1, -0.05) is 6.07 Å². The zero-order valence-electron chi connectivity index (χ0n) is 9.75. The van der Waals surface area contributed by atoms with Crippen LogP contribution in [0.2, 0.25) is 0 Å². The van der Waals surface area contributed by atoms with E-state index in [-0.39, 0.29) is 18.6 Å². The van der Waals surface area contributed by atoms with Gasteiger partial charge in [0.05, 0.1) is 13.2 Å². The van der Waals surface area contributed by atoms with Crippen molar-refractivity contribution in [1.82, 2.24) is 9.80 Å². The van der Waals surface area contributed by atoms with Gasteiger partial charge in [-0.2, -0.15) is 0 Å². The largest absolute Gasteiger partial charge is 0.468 e. The standard InChI is InChI=1S/C11H14N2O3S/c1-12-8(9-4-3-5-17-9)6-13(11(12)15)7-10(14)16-2/h3-5,8H,6-7H2,1-2H3. The molecule has 1 aliphatic heterocycles. The molecule has 0 saturated carbocycles. The van der Waals surface area contributed by atoms with Crippen LogP contribution in [0, 0.1) is 0 Å². The quantitative estimate of drug-likeness (QED) is 0.765. The Morgan fingerprint density at radius 2 is 2.41 bits per heavy atom. The lowest BCUT2D eigenvalue weighted by molar-refractivity contribution is -0.141. The Hall–Kier alpha value is -1.56. The van der Waals surface area contributed by atoms with E-state index in [9.17, 15) is 9.59 Å². The second-order valence-corrected chi connectivity index (χ2v) is 4.86. The lowest BCUT2D eigenvalue weighted by Gasteiger charge is -2.15. The van der Waals surface area contributed by atoms with Crippen molar-refractivity contribution in [2.75, 3.05) is 27.2 Å². The Bertz CT molecular complexity index is 418. The van der Waals surface area contributed by atoms with Crippen molar-refractivity contribution >= 4 is 23.3 Å². The number of likely N-dealkylation sites (N-methyl/N-ethyl adjacent to an activating group) is 1. The maximum absolute atomic E-state index is 11.9. The van der Waals surface area contributed by atoms with Crippen molar-refractivity contribution < 1.29 is 14.3 Å². The summed E-state index contributed by atoms with van der Waals surface area (Å²) in [5.41, 5.74) is 0. The fourth-order valence-corrected chi connectivity index (χ4v) is 2.74. The molecule has 1 aromatic heterocycles. The van der Waals surface area contributed by atoms with E-state index in [1.807, 2.05) is 17.5 Å². The number of thiophene rings is 1. The molecule has 1 saturated heterocycles. The van der Waals surface area contributed by atoms with E-state index >= 15 is 0 Å². The molecular formula is C11H14N2O3S. The first kappa shape index (κ1) is 11.9. The second-order valence-electron chi connectivity index (χ2n) is 3.88. The van der Waals surface area contributed by atoms with Gasteiger partial charge in [0.25, 0.3) is 0 Å². The Kier molecular flexibility index (Phi) is 3.33. The van der Waals surface area contributed by atoms with E-state index in [1.54, 1.807) is 23.3 Å². The minimum Gasteiger partial charge on any atom is -0.468 e. The second kappa shape index (κ2) is 4.75. The highest BCUT2D eigenvalue weighted by Gasteiger charge is 2.36. The van der Waals surface area contributed by atoms with E-state index in [2.05, 4.69) is 4.74 Å². The molecule has 0 radical (unpaired) electrons.